The average molecular weight is 266 g/mol. The minimum Gasteiger partial charge on any atom is -0.318 e. The number of rotatable bonds is 2. The number of amides is 2. The maximum Gasteiger partial charge on any atom is 0.320 e. The molecule has 20 heavy (non-hydrogen) atoms. The number of urea groups is 1. The topological polar surface area (TPSA) is 23.6 Å². The predicted molar refractivity (Wildman–Crippen MR) is 79.3 cm³/mol. The Bertz CT molecular complexity index is 543. The molecule has 102 valence electrons. The molecule has 1 aliphatic heterocycles. The molecule has 0 aromatic heterocycles. The lowest BCUT2D eigenvalue weighted by molar-refractivity contribution is 0.199. The molecule has 2 atom stereocenters. The molecule has 3 rings (SSSR count). The molecule has 3 heteroatoms. The highest BCUT2D eigenvalue weighted by atomic mass is 16.2. The molecular weight excluding hydrogens is 248 g/mol. The standard InChI is InChI=1S/C17H18N2O/c1-18-15(13-9-5-3-6-10-13)16(19(2)17(18)20)14-11-7-4-8-12-14/h3-12,15-16H,1-2H3/t15-,16?/m0/s1. The second kappa shape index (κ2) is 5.00. The van der Waals surface area contributed by atoms with Crippen molar-refractivity contribution >= 4 is 6.03 Å². The summed E-state index contributed by atoms with van der Waals surface area (Å²) in [5, 5.41) is 0. The van der Waals surface area contributed by atoms with Crippen molar-refractivity contribution < 1.29 is 4.79 Å². The van der Waals surface area contributed by atoms with Crippen molar-refractivity contribution in [2.45, 2.75) is 12.1 Å². The second-order valence-electron chi connectivity index (χ2n) is 5.22. The summed E-state index contributed by atoms with van der Waals surface area (Å²) in [5.74, 6) is 0. The van der Waals surface area contributed by atoms with Crippen LogP contribution in [0.25, 0.3) is 0 Å². The third kappa shape index (κ3) is 1.95. The van der Waals surface area contributed by atoms with Crippen LogP contribution in [0.4, 0.5) is 4.79 Å². The molecule has 1 saturated heterocycles. The van der Waals surface area contributed by atoms with Crippen LogP contribution in [0.1, 0.15) is 23.2 Å². The maximum atomic E-state index is 12.3. The number of hydrogen-bond donors (Lipinski definition) is 0. The fraction of sp³-hybridized carbons (Fsp3) is 0.235. The van der Waals surface area contributed by atoms with Gasteiger partial charge in [0, 0.05) is 14.1 Å². The number of likely N-dealkylation sites (N-methyl/N-ethyl adjacent to an activating group) is 2. The third-order valence-electron chi connectivity index (χ3n) is 4.02. The number of benzene rings is 2. The largest absolute Gasteiger partial charge is 0.320 e. The van der Waals surface area contributed by atoms with Crippen molar-refractivity contribution in [2.75, 3.05) is 14.1 Å². The van der Waals surface area contributed by atoms with Crippen molar-refractivity contribution in [3.8, 4) is 0 Å². The first-order valence-electron chi connectivity index (χ1n) is 6.79. The van der Waals surface area contributed by atoms with Crippen LogP contribution in [0.3, 0.4) is 0 Å². The van der Waals surface area contributed by atoms with Gasteiger partial charge in [0.1, 0.15) is 0 Å². The smallest absolute Gasteiger partial charge is 0.318 e. The Morgan fingerprint density at radius 1 is 0.700 bits per heavy atom. The molecule has 1 aliphatic rings. The van der Waals surface area contributed by atoms with E-state index >= 15 is 0 Å². The summed E-state index contributed by atoms with van der Waals surface area (Å²) in [6.45, 7) is 0. The first-order valence-corrected chi connectivity index (χ1v) is 6.79. The minimum absolute atomic E-state index is 0.0519. The molecular formula is C17H18N2O. The Balaban J connectivity index is 2.07. The molecule has 0 spiro atoms. The van der Waals surface area contributed by atoms with Gasteiger partial charge in [-0.05, 0) is 11.1 Å². The Labute approximate surface area is 119 Å². The fourth-order valence-corrected chi connectivity index (χ4v) is 3.02. The highest BCUT2D eigenvalue weighted by Crippen LogP contribution is 2.42. The second-order valence-corrected chi connectivity index (χ2v) is 5.22. The summed E-state index contributed by atoms with van der Waals surface area (Å²) in [5.41, 5.74) is 2.34. The number of nitrogens with zero attached hydrogens (tertiary/aromatic N) is 2. The lowest BCUT2D eigenvalue weighted by Crippen LogP contribution is -2.26. The SMILES string of the molecule is CN1C(=O)N(C)[C@@H](c2ccccc2)C1c1ccccc1. The first kappa shape index (κ1) is 12.7. The summed E-state index contributed by atoms with van der Waals surface area (Å²) in [4.78, 5) is 16.0. The Morgan fingerprint density at radius 2 is 1.05 bits per heavy atom. The van der Waals surface area contributed by atoms with E-state index in [1.165, 1.54) is 11.1 Å². The van der Waals surface area contributed by atoms with E-state index in [1.807, 2.05) is 60.3 Å². The van der Waals surface area contributed by atoms with E-state index in [-0.39, 0.29) is 18.1 Å². The molecule has 1 fully saturated rings. The quantitative estimate of drug-likeness (QED) is 0.816. The highest BCUT2D eigenvalue weighted by molar-refractivity contribution is 5.78. The van der Waals surface area contributed by atoms with Gasteiger partial charge in [0.25, 0.3) is 0 Å². The zero-order chi connectivity index (χ0) is 14.1. The van der Waals surface area contributed by atoms with Crippen molar-refractivity contribution in [3.05, 3.63) is 71.8 Å². The molecule has 0 radical (unpaired) electrons. The van der Waals surface area contributed by atoms with Crippen LogP contribution in [0, 0.1) is 0 Å². The molecule has 1 unspecified atom stereocenters. The summed E-state index contributed by atoms with van der Waals surface area (Å²) < 4.78 is 0. The first-order chi connectivity index (χ1) is 9.70. The van der Waals surface area contributed by atoms with Gasteiger partial charge in [0.05, 0.1) is 12.1 Å². The number of carbonyl (C=O) groups excluding carboxylic acids is 1. The van der Waals surface area contributed by atoms with E-state index in [0.717, 1.165) is 0 Å². The molecule has 1 heterocycles. The summed E-state index contributed by atoms with van der Waals surface area (Å²) in [7, 11) is 3.75. The van der Waals surface area contributed by atoms with Gasteiger partial charge >= 0.3 is 6.03 Å². The summed E-state index contributed by atoms with van der Waals surface area (Å²) in [6.07, 6.45) is 0. The Morgan fingerprint density at radius 3 is 1.40 bits per heavy atom. The molecule has 0 saturated carbocycles. The molecule has 0 N–H and O–H groups in total. The van der Waals surface area contributed by atoms with Crippen LogP contribution in [-0.4, -0.2) is 29.9 Å². The van der Waals surface area contributed by atoms with Gasteiger partial charge in [-0.1, -0.05) is 60.7 Å². The molecule has 2 aromatic carbocycles. The minimum atomic E-state index is 0.0519. The predicted octanol–water partition coefficient (Wildman–Crippen LogP) is 3.47. The van der Waals surface area contributed by atoms with E-state index in [1.54, 1.807) is 0 Å². The van der Waals surface area contributed by atoms with Crippen LogP contribution in [0.15, 0.2) is 60.7 Å². The van der Waals surface area contributed by atoms with Gasteiger partial charge in [-0.3, -0.25) is 0 Å². The summed E-state index contributed by atoms with van der Waals surface area (Å²) in [6, 6.07) is 20.6. The zero-order valence-electron chi connectivity index (χ0n) is 11.7. The fourth-order valence-electron chi connectivity index (χ4n) is 3.02. The molecule has 0 aliphatic carbocycles. The maximum absolute atomic E-state index is 12.3. The molecule has 2 aromatic rings. The van der Waals surface area contributed by atoms with Gasteiger partial charge in [-0.15, -0.1) is 0 Å². The molecule has 2 amide bonds. The van der Waals surface area contributed by atoms with E-state index in [2.05, 4.69) is 24.3 Å². The van der Waals surface area contributed by atoms with Gasteiger partial charge < -0.3 is 9.80 Å². The Kier molecular flexibility index (Phi) is 3.18. The van der Waals surface area contributed by atoms with Crippen LogP contribution in [0.5, 0.6) is 0 Å². The number of carbonyl (C=O) groups is 1. The lowest BCUT2D eigenvalue weighted by atomic mass is 9.93. The average Bonchev–Trinajstić information content (AvgIpc) is 2.73. The van der Waals surface area contributed by atoms with E-state index in [4.69, 9.17) is 0 Å². The molecule has 0 bridgehead atoms. The van der Waals surface area contributed by atoms with Crippen LogP contribution < -0.4 is 0 Å². The van der Waals surface area contributed by atoms with Gasteiger partial charge in [-0.2, -0.15) is 0 Å². The van der Waals surface area contributed by atoms with Crippen LogP contribution >= 0.6 is 0 Å². The van der Waals surface area contributed by atoms with Crippen LogP contribution in [-0.2, 0) is 0 Å². The van der Waals surface area contributed by atoms with Crippen molar-refractivity contribution in [3.63, 3.8) is 0 Å². The van der Waals surface area contributed by atoms with Crippen molar-refractivity contribution in [2.24, 2.45) is 0 Å². The van der Waals surface area contributed by atoms with Gasteiger partial charge in [-0.25, -0.2) is 4.79 Å². The monoisotopic (exact) mass is 266 g/mol. The Hall–Kier alpha value is -2.29. The van der Waals surface area contributed by atoms with Gasteiger partial charge in [0.2, 0.25) is 0 Å². The molecule has 3 nitrogen and oxygen atoms in total. The van der Waals surface area contributed by atoms with E-state index in [0.29, 0.717) is 0 Å². The highest BCUT2D eigenvalue weighted by Gasteiger charge is 2.43. The van der Waals surface area contributed by atoms with Crippen LogP contribution in [0.2, 0.25) is 0 Å². The van der Waals surface area contributed by atoms with Gasteiger partial charge in [0.15, 0.2) is 0 Å². The van der Waals surface area contributed by atoms with E-state index < -0.39 is 0 Å². The van der Waals surface area contributed by atoms with Crippen molar-refractivity contribution in [1.29, 1.82) is 0 Å². The lowest BCUT2D eigenvalue weighted by Gasteiger charge is -2.26. The van der Waals surface area contributed by atoms with Crippen molar-refractivity contribution in [1.82, 2.24) is 9.80 Å². The summed E-state index contributed by atoms with van der Waals surface area (Å²) >= 11 is 0. The third-order valence-corrected chi connectivity index (χ3v) is 4.02. The zero-order valence-corrected chi connectivity index (χ0v) is 11.7. The van der Waals surface area contributed by atoms with E-state index in [9.17, 15) is 4.79 Å². The number of hydrogen-bond acceptors (Lipinski definition) is 1. The normalized spacial score (nSPS) is 22.4.